The number of anilines is 2. The molecule has 2 atom stereocenters. The highest BCUT2D eigenvalue weighted by Crippen LogP contribution is 2.52. The van der Waals surface area contributed by atoms with E-state index in [-0.39, 0.29) is 34.5 Å². The van der Waals surface area contributed by atoms with E-state index in [1.165, 1.54) is 0 Å². The lowest BCUT2D eigenvalue weighted by atomic mass is 10.1. The van der Waals surface area contributed by atoms with Crippen molar-refractivity contribution in [1.82, 2.24) is 4.98 Å². The Bertz CT molecular complexity index is 966. The lowest BCUT2D eigenvalue weighted by molar-refractivity contribution is -0.118. The van der Waals surface area contributed by atoms with Crippen LogP contribution in [-0.2, 0) is 16.2 Å². The molecule has 0 radical (unpaired) electrons. The Labute approximate surface area is 177 Å². The van der Waals surface area contributed by atoms with Gasteiger partial charge < -0.3 is 15.4 Å². The minimum absolute atomic E-state index is 0.0453. The minimum atomic E-state index is 0.0453. The fourth-order valence-corrected chi connectivity index (χ4v) is 3.72. The van der Waals surface area contributed by atoms with Gasteiger partial charge in [-0.1, -0.05) is 39.8 Å². The lowest BCUT2D eigenvalue weighted by Gasteiger charge is -2.10. The number of hydrogen-bond acceptors (Lipinski definition) is 4. The van der Waals surface area contributed by atoms with Crippen LogP contribution in [0.15, 0.2) is 42.6 Å². The standard InChI is InChI=1S/C24H29N3O3/c1-23(2)11-18(23)21(28)26-16-7-5-6-15(10-16)14-30-20-9-8-17(13-25-20)27-22(29)19-12-24(19,3)4/h5-10,13,18-19H,11-12,14H2,1-4H3,(H,26,28)(H,27,29). The van der Waals surface area contributed by atoms with Crippen LogP contribution in [-0.4, -0.2) is 16.8 Å². The van der Waals surface area contributed by atoms with E-state index in [4.69, 9.17) is 4.74 Å². The third kappa shape index (κ3) is 4.64. The molecule has 4 rings (SSSR count). The molecule has 2 aromatic rings. The number of rotatable bonds is 7. The summed E-state index contributed by atoms with van der Waals surface area (Å²) in [7, 11) is 0. The Hall–Kier alpha value is -2.89. The Morgan fingerprint density at radius 3 is 2.10 bits per heavy atom. The van der Waals surface area contributed by atoms with Gasteiger partial charge in [0.1, 0.15) is 6.61 Å². The number of amides is 2. The second-order valence-corrected chi connectivity index (χ2v) is 9.84. The molecule has 158 valence electrons. The molecule has 0 saturated heterocycles. The van der Waals surface area contributed by atoms with Crippen molar-refractivity contribution in [1.29, 1.82) is 0 Å². The molecular formula is C24H29N3O3. The van der Waals surface area contributed by atoms with Crippen molar-refractivity contribution >= 4 is 23.2 Å². The molecule has 1 aromatic carbocycles. The maximum absolute atomic E-state index is 12.3. The van der Waals surface area contributed by atoms with Gasteiger partial charge in [-0.15, -0.1) is 0 Å². The second kappa shape index (κ2) is 7.42. The second-order valence-electron chi connectivity index (χ2n) is 9.84. The SMILES string of the molecule is CC1(C)CC1C(=O)Nc1ccc(OCc2cccc(NC(=O)C3CC3(C)C)c2)nc1. The summed E-state index contributed by atoms with van der Waals surface area (Å²) in [5, 5.41) is 5.90. The molecule has 2 unspecified atom stereocenters. The number of nitrogens with one attached hydrogen (secondary N) is 2. The van der Waals surface area contributed by atoms with E-state index >= 15 is 0 Å². The molecule has 2 aliphatic carbocycles. The number of pyridine rings is 1. The highest BCUT2D eigenvalue weighted by atomic mass is 16.5. The maximum Gasteiger partial charge on any atom is 0.228 e. The third-order valence-electron chi connectivity index (χ3n) is 6.24. The van der Waals surface area contributed by atoms with Crippen LogP contribution < -0.4 is 15.4 Å². The van der Waals surface area contributed by atoms with Crippen LogP contribution in [0, 0.1) is 22.7 Å². The Morgan fingerprint density at radius 2 is 1.57 bits per heavy atom. The van der Waals surface area contributed by atoms with Gasteiger partial charge in [-0.25, -0.2) is 4.98 Å². The number of carbonyl (C=O) groups is 2. The van der Waals surface area contributed by atoms with Gasteiger partial charge in [-0.2, -0.15) is 0 Å². The van der Waals surface area contributed by atoms with E-state index in [2.05, 4.69) is 43.3 Å². The predicted octanol–water partition coefficient (Wildman–Crippen LogP) is 4.63. The van der Waals surface area contributed by atoms with Crippen LogP contribution in [0.4, 0.5) is 11.4 Å². The maximum atomic E-state index is 12.3. The average molecular weight is 408 g/mol. The molecule has 2 aliphatic rings. The quantitative estimate of drug-likeness (QED) is 0.701. The summed E-state index contributed by atoms with van der Waals surface area (Å²) in [5.74, 6) is 0.767. The smallest absolute Gasteiger partial charge is 0.228 e. The fourth-order valence-electron chi connectivity index (χ4n) is 3.72. The van der Waals surface area contributed by atoms with Crippen molar-refractivity contribution in [2.24, 2.45) is 22.7 Å². The van der Waals surface area contributed by atoms with Gasteiger partial charge in [-0.05, 0) is 47.4 Å². The van der Waals surface area contributed by atoms with Crippen LogP contribution >= 0.6 is 0 Å². The molecule has 2 N–H and O–H groups in total. The third-order valence-corrected chi connectivity index (χ3v) is 6.24. The van der Waals surface area contributed by atoms with Gasteiger partial charge in [0.05, 0.1) is 11.9 Å². The largest absolute Gasteiger partial charge is 0.473 e. The highest BCUT2D eigenvalue weighted by Gasteiger charge is 2.51. The van der Waals surface area contributed by atoms with E-state index in [1.54, 1.807) is 18.3 Å². The molecule has 6 heteroatoms. The zero-order chi connectivity index (χ0) is 21.5. The van der Waals surface area contributed by atoms with Gasteiger partial charge in [0, 0.05) is 23.6 Å². The zero-order valence-electron chi connectivity index (χ0n) is 18.0. The number of carbonyl (C=O) groups excluding carboxylic acids is 2. The number of nitrogens with zero attached hydrogens (tertiary/aromatic N) is 1. The van der Waals surface area contributed by atoms with E-state index < -0.39 is 0 Å². The average Bonchev–Trinajstić information content (AvgIpc) is 3.54. The molecule has 0 aliphatic heterocycles. The van der Waals surface area contributed by atoms with E-state index in [1.807, 2.05) is 24.3 Å². The zero-order valence-corrected chi connectivity index (χ0v) is 18.0. The molecule has 2 amide bonds. The predicted molar refractivity (Wildman–Crippen MR) is 116 cm³/mol. The normalized spacial score (nSPS) is 22.7. The molecule has 30 heavy (non-hydrogen) atoms. The van der Waals surface area contributed by atoms with Crippen LogP contribution in [0.1, 0.15) is 46.1 Å². The number of ether oxygens (including phenoxy) is 1. The van der Waals surface area contributed by atoms with E-state index in [0.29, 0.717) is 18.2 Å². The van der Waals surface area contributed by atoms with Gasteiger partial charge in [0.2, 0.25) is 17.7 Å². The summed E-state index contributed by atoms with van der Waals surface area (Å²) in [5.41, 5.74) is 2.60. The Balaban J connectivity index is 1.28. The summed E-state index contributed by atoms with van der Waals surface area (Å²) in [6.45, 7) is 8.75. The first-order chi connectivity index (χ1) is 14.1. The first-order valence-corrected chi connectivity index (χ1v) is 10.4. The van der Waals surface area contributed by atoms with Crippen molar-refractivity contribution < 1.29 is 14.3 Å². The first-order valence-electron chi connectivity index (χ1n) is 10.4. The summed E-state index contributed by atoms with van der Waals surface area (Å²) in [6, 6.07) is 11.2. The molecular weight excluding hydrogens is 378 g/mol. The molecule has 0 bridgehead atoms. The molecule has 2 saturated carbocycles. The molecule has 6 nitrogen and oxygen atoms in total. The van der Waals surface area contributed by atoms with Crippen LogP contribution in [0.5, 0.6) is 5.88 Å². The van der Waals surface area contributed by atoms with Crippen LogP contribution in [0.2, 0.25) is 0 Å². The highest BCUT2D eigenvalue weighted by molar-refractivity contribution is 5.95. The molecule has 0 spiro atoms. The number of benzene rings is 1. The van der Waals surface area contributed by atoms with Crippen molar-refractivity contribution in [2.45, 2.75) is 47.1 Å². The monoisotopic (exact) mass is 407 g/mol. The van der Waals surface area contributed by atoms with Crippen molar-refractivity contribution in [2.75, 3.05) is 10.6 Å². The van der Waals surface area contributed by atoms with Crippen LogP contribution in [0.25, 0.3) is 0 Å². The number of aromatic nitrogens is 1. The van der Waals surface area contributed by atoms with E-state index in [0.717, 1.165) is 24.1 Å². The minimum Gasteiger partial charge on any atom is -0.473 e. The Morgan fingerprint density at radius 1 is 0.967 bits per heavy atom. The summed E-state index contributed by atoms with van der Waals surface area (Å²) < 4.78 is 5.76. The van der Waals surface area contributed by atoms with Gasteiger partial charge in [0.15, 0.2) is 0 Å². The van der Waals surface area contributed by atoms with Crippen molar-refractivity contribution in [3.63, 3.8) is 0 Å². The van der Waals surface area contributed by atoms with Gasteiger partial charge in [-0.3, -0.25) is 9.59 Å². The summed E-state index contributed by atoms with van der Waals surface area (Å²) >= 11 is 0. The molecule has 1 heterocycles. The lowest BCUT2D eigenvalue weighted by Crippen LogP contribution is -2.16. The van der Waals surface area contributed by atoms with Gasteiger partial charge in [0.25, 0.3) is 0 Å². The number of hydrogen-bond donors (Lipinski definition) is 2. The van der Waals surface area contributed by atoms with Crippen molar-refractivity contribution in [3.05, 3.63) is 48.2 Å². The summed E-state index contributed by atoms with van der Waals surface area (Å²) in [6.07, 6.45) is 3.46. The topological polar surface area (TPSA) is 80.3 Å². The van der Waals surface area contributed by atoms with Crippen molar-refractivity contribution in [3.8, 4) is 5.88 Å². The van der Waals surface area contributed by atoms with Gasteiger partial charge >= 0.3 is 0 Å². The fraction of sp³-hybridized carbons (Fsp3) is 0.458. The Kier molecular flexibility index (Phi) is 5.04. The molecule has 2 fully saturated rings. The van der Waals surface area contributed by atoms with E-state index in [9.17, 15) is 9.59 Å². The van der Waals surface area contributed by atoms with Crippen LogP contribution in [0.3, 0.4) is 0 Å². The molecule has 1 aromatic heterocycles. The summed E-state index contributed by atoms with van der Waals surface area (Å²) in [4.78, 5) is 28.7. The first kappa shape index (κ1) is 20.4.